The molecule has 1 rings (SSSR count). The van der Waals surface area contributed by atoms with Crippen molar-refractivity contribution in [1.29, 1.82) is 0 Å². The average molecular weight is 172 g/mol. The molecule has 0 unspecified atom stereocenters. The summed E-state index contributed by atoms with van der Waals surface area (Å²) in [5.41, 5.74) is -0.505. The van der Waals surface area contributed by atoms with Gasteiger partial charge in [-0.15, -0.1) is 0 Å². The molecule has 0 aromatic heterocycles. The van der Waals surface area contributed by atoms with Crippen LogP contribution in [0.2, 0.25) is 0 Å². The van der Waals surface area contributed by atoms with Gasteiger partial charge in [-0.2, -0.15) is 0 Å². The standard InChI is InChI=1S/C9H16O3/c1-9(8(10)11)5-3-7(12-2)4-6-9/h7H,3-6H2,1-2H3,(H,10,11)/t7-,9-. The van der Waals surface area contributed by atoms with Crippen molar-refractivity contribution >= 4 is 5.97 Å². The van der Waals surface area contributed by atoms with E-state index >= 15 is 0 Å². The van der Waals surface area contributed by atoms with E-state index in [4.69, 9.17) is 9.84 Å². The summed E-state index contributed by atoms with van der Waals surface area (Å²) in [7, 11) is 1.69. The van der Waals surface area contributed by atoms with Gasteiger partial charge in [0.15, 0.2) is 0 Å². The van der Waals surface area contributed by atoms with Gasteiger partial charge in [0.2, 0.25) is 0 Å². The molecule has 0 amide bonds. The molecule has 0 radical (unpaired) electrons. The summed E-state index contributed by atoms with van der Waals surface area (Å²) >= 11 is 0. The number of hydrogen-bond donors (Lipinski definition) is 1. The van der Waals surface area contributed by atoms with E-state index in [0.29, 0.717) is 0 Å². The predicted octanol–water partition coefficient (Wildman–Crippen LogP) is 1.67. The van der Waals surface area contributed by atoms with Crippen molar-refractivity contribution < 1.29 is 14.6 Å². The number of carboxylic acids is 1. The van der Waals surface area contributed by atoms with Gasteiger partial charge in [-0.05, 0) is 32.6 Å². The van der Waals surface area contributed by atoms with Crippen LogP contribution in [0.25, 0.3) is 0 Å². The van der Waals surface area contributed by atoms with Gasteiger partial charge in [0.1, 0.15) is 0 Å². The lowest BCUT2D eigenvalue weighted by atomic mass is 9.75. The fraction of sp³-hybridized carbons (Fsp3) is 0.889. The zero-order valence-electron chi connectivity index (χ0n) is 7.67. The van der Waals surface area contributed by atoms with Gasteiger partial charge in [-0.1, -0.05) is 0 Å². The molecule has 0 heterocycles. The number of hydrogen-bond acceptors (Lipinski definition) is 2. The highest BCUT2D eigenvalue weighted by Gasteiger charge is 2.37. The van der Waals surface area contributed by atoms with Crippen molar-refractivity contribution in [3.63, 3.8) is 0 Å². The monoisotopic (exact) mass is 172 g/mol. The maximum Gasteiger partial charge on any atom is 0.309 e. The Hall–Kier alpha value is -0.570. The van der Waals surface area contributed by atoms with Crippen LogP contribution in [0.5, 0.6) is 0 Å². The van der Waals surface area contributed by atoms with Crippen LogP contribution in [-0.2, 0) is 9.53 Å². The Morgan fingerprint density at radius 2 is 2.00 bits per heavy atom. The topological polar surface area (TPSA) is 46.5 Å². The smallest absolute Gasteiger partial charge is 0.309 e. The van der Waals surface area contributed by atoms with E-state index in [-0.39, 0.29) is 6.10 Å². The van der Waals surface area contributed by atoms with Crippen LogP contribution < -0.4 is 0 Å². The third-order valence-corrected chi connectivity index (χ3v) is 2.89. The molecule has 0 atom stereocenters. The van der Waals surface area contributed by atoms with E-state index in [2.05, 4.69) is 0 Å². The first-order chi connectivity index (χ1) is 5.58. The Morgan fingerprint density at radius 1 is 1.50 bits per heavy atom. The SMILES string of the molecule is CO[C@H]1CC[C@](C)(C(=O)O)CC1. The number of rotatable bonds is 2. The Balaban J connectivity index is 2.49. The first-order valence-electron chi connectivity index (χ1n) is 4.35. The molecule has 0 saturated heterocycles. The van der Waals surface area contributed by atoms with Crippen LogP contribution in [-0.4, -0.2) is 24.3 Å². The maximum absolute atomic E-state index is 10.8. The second kappa shape index (κ2) is 3.44. The lowest BCUT2D eigenvalue weighted by Crippen LogP contribution is -2.34. The highest BCUT2D eigenvalue weighted by atomic mass is 16.5. The van der Waals surface area contributed by atoms with Crippen LogP contribution in [0.1, 0.15) is 32.6 Å². The van der Waals surface area contributed by atoms with Gasteiger partial charge in [0, 0.05) is 7.11 Å². The molecule has 0 spiro atoms. The number of aliphatic carboxylic acids is 1. The molecule has 12 heavy (non-hydrogen) atoms. The number of carbonyl (C=O) groups is 1. The lowest BCUT2D eigenvalue weighted by Gasteiger charge is -2.32. The normalized spacial score (nSPS) is 36.3. The van der Waals surface area contributed by atoms with Crippen LogP contribution >= 0.6 is 0 Å². The van der Waals surface area contributed by atoms with E-state index in [1.807, 2.05) is 6.92 Å². The Bertz CT molecular complexity index is 169. The second-order valence-electron chi connectivity index (χ2n) is 3.80. The first kappa shape index (κ1) is 9.52. The van der Waals surface area contributed by atoms with E-state index in [0.717, 1.165) is 25.7 Å². The molecule has 70 valence electrons. The molecule has 1 aliphatic rings. The molecular weight excluding hydrogens is 156 g/mol. The van der Waals surface area contributed by atoms with Gasteiger partial charge in [0.25, 0.3) is 0 Å². The number of ether oxygens (including phenoxy) is 1. The molecule has 1 N–H and O–H groups in total. The third kappa shape index (κ3) is 1.78. The molecule has 3 nitrogen and oxygen atoms in total. The molecule has 0 aliphatic heterocycles. The highest BCUT2D eigenvalue weighted by molar-refractivity contribution is 5.74. The fourth-order valence-corrected chi connectivity index (χ4v) is 1.68. The van der Waals surface area contributed by atoms with Crippen molar-refractivity contribution in [2.75, 3.05) is 7.11 Å². The molecule has 0 bridgehead atoms. The van der Waals surface area contributed by atoms with Gasteiger partial charge >= 0.3 is 5.97 Å². The van der Waals surface area contributed by atoms with Crippen molar-refractivity contribution in [3.8, 4) is 0 Å². The summed E-state index contributed by atoms with van der Waals surface area (Å²) in [6, 6.07) is 0. The van der Waals surface area contributed by atoms with Crippen LogP contribution in [0.3, 0.4) is 0 Å². The van der Waals surface area contributed by atoms with E-state index in [1.165, 1.54) is 0 Å². The number of carboxylic acid groups (broad SMARTS) is 1. The third-order valence-electron chi connectivity index (χ3n) is 2.89. The van der Waals surface area contributed by atoms with E-state index < -0.39 is 11.4 Å². The summed E-state index contributed by atoms with van der Waals surface area (Å²) in [5, 5.41) is 8.92. The van der Waals surface area contributed by atoms with E-state index in [1.54, 1.807) is 7.11 Å². The molecule has 1 saturated carbocycles. The second-order valence-corrected chi connectivity index (χ2v) is 3.80. The molecule has 1 aliphatic carbocycles. The zero-order chi connectivity index (χ0) is 9.19. The van der Waals surface area contributed by atoms with Crippen molar-refractivity contribution in [3.05, 3.63) is 0 Å². The van der Waals surface area contributed by atoms with Gasteiger partial charge in [-0.3, -0.25) is 4.79 Å². The Morgan fingerprint density at radius 3 is 2.33 bits per heavy atom. The largest absolute Gasteiger partial charge is 0.481 e. The predicted molar refractivity (Wildman–Crippen MR) is 45.0 cm³/mol. The summed E-state index contributed by atoms with van der Waals surface area (Å²) in [6.07, 6.45) is 3.50. The maximum atomic E-state index is 10.8. The average Bonchev–Trinajstić information content (AvgIpc) is 2.06. The number of methoxy groups -OCH3 is 1. The quantitative estimate of drug-likeness (QED) is 0.689. The minimum atomic E-state index is -0.669. The van der Waals surface area contributed by atoms with E-state index in [9.17, 15) is 4.79 Å². The summed E-state index contributed by atoms with van der Waals surface area (Å²) in [6.45, 7) is 1.82. The molecule has 1 fully saturated rings. The molecular formula is C9H16O3. The minimum absolute atomic E-state index is 0.275. The summed E-state index contributed by atoms with van der Waals surface area (Å²) < 4.78 is 5.17. The summed E-state index contributed by atoms with van der Waals surface area (Å²) in [5.74, 6) is -0.669. The molecule has 3 heteroatoms. The highest BCUT2D eigenvalue weighted by Crippen LogP contribution is 2.36. The van der Waals surface area contributed by atoms with Crippen LogP contribution in [0.15, 0.2) is 0 Å². The van der Waals surface area contributed by atoms with Crippen LogP contribution in [0, 0.1) is 5.41 Å². The fourth-order valence-electron chi connectivity index (χ4n) is 1.68. The molecule has 0 aromatic rings. The van der Waals surface area contributed by atoms with Gasteiger partial charge in [0.05, 0.1) is 11.5 Å². The minimum Gasteiger partial charge on any atom is -0.481 e. The zero-order valence-corrected chi connectivity index (χ0v) is 7.67. The lowest BCUT2D eigenvalue weighted by molar-refractivity contribution is -0.151. The van der Waals surface area contributed by atoms with Crippen molar-refractivity contribution in [2.45, 2.75) is 38.7 Å². The van der Waals surface area contributed by atoms with Crippen molar-refractivity contribution in [2.24, 2.45) is 5.41 Å². The summed E-state index contributed by atoms with van der Waals surface area (Å²) in [4.78, 5) is 10.8. The Labute approximate surface area is 72.7 Å². The Kier molecular flexibility index (Phi) is 2.73. The van der Waals surface area contributed by atoms with Gasteiger partial charge < -0.3 is 9.84 Å². The van der Waals surface area contributed by atoms with Gasteiger partial charge in [-0.25, -0.2) is 0 Å². The first-order valence-corrected chi connectivity index (χ1v) is 4.35. The van der Waals surface area contributed by atoms with Crippen molar-refractivity contribution in [1.82, 2.24) is 0 Å². The van der Waals surface area contributed by atoms with Crippen LogP contribution in [0.4, 0.5) is 0 Å². The molecule has 0 aromatic carbocycles.